The van der Waals surface area contributed by atoms with Gasteiger partial charge in [-0.25, -0.2) is 9.18 Å². The second kappa shape index (κ2) is 3.51. The minimum atomic E-state index is -1.14. The molecule has 1 heterocycles. The van der Waals surface area contributed by atoms with Crippen molar-refractivity contribution in [2.45, 2.75) is 18.6 Å². The fourth-order valence-electron chi connectivity index (χ4n) is 1.57. The van der Waals surface area contributed by atoms with Gasteiger partial charge in [0.15, 0.2) is 6.10 Å². The van der Waals surface area contributed by atoms with E-state index in [2.05, 4.69) is 0 Å². The van der Waals surface area contributed by atoms with Crippen molar-refractivity contribution in [2.24, 2.45) is 0 Å². The van der Waals surface area contributed by atoms with Crippen molar-refractivity contribution in [2.75, 3.05) is 0 Å². The molecule has 15 heavy (non-hydrogen) atoms. The third-order valence-corrected chi connectivity index (χ3v) is 2.31. The minimum absolute atomic E-state index is 0.0637. The molecule has 5 heteroatoms. The highest BCUT2D eigenvalue weighted by Gasteiger charge is 2.31. The maximum absolute atomic E-state index is 12.8. The van der Waals surface area contributed by atoms with Crippen LogP contribution in [0, 0.1) is 5.82 Å². The van der Waals surface area contributed by atoms with Crippen molar-refractivity contribution in [3.8, 4) is 5.75 Å². The molecule has 0 aromatic heterocycles. The summed E-state index contributed by atoms with van der Waals surface area (Å²) < 4.78 is 17.9. The van der Waals surface area contributed by atoms with E-state index in [-0.39, 0.29) is 12.2 Å². The van der Waals surface area contributed by atoms with E-state index < -0.39 is 24.0 Å². The lowest BCUT2D eigenvalue weighted by Gasteiger charge is -2.26. The number of rotatable bonds is 1. The number of aliphatic hydroxyl groups is 1. The summed E-state index contributed by atoms with van der Waals surface area (Å²) >= 11 is 0. The number of hydrogen-bond donors (Lipinski definition) is 2. The maximum Gasteiger partial charge on any atom is 0.345 e. The molecule has 1 aromatic rings. The Bertz CT molecular complexity index is 404. The van der Waals surface area contributed by atoms with Crippen LogP contribution in [0.1, 0.15) is 18.1 Å². The van der Waals surface area contributed by atoms with E-state index in [1.165, 1.54) is 6.07 Å². The lowest BCUT2D eigenvalue weighted by Crippen LogP contribution is -2.32. The van der Waals surface area contributed by atoms with Gasteiger partial charge < -0.3 is 14.9 Å². The topological polar surface area (TPSA) is 66.8 Å². The number of benzene rings is 1. The normalized spacial score (nSPS) is 24.1. The number of halogens is 1. The molecule has 0 amide bonds. The first-order valence-electron chi connectivity index (χ1n) is 4.45. The maximum atomic E-state index is 12.8. The third kappa shape index (κ3) is 1.78. The van der Waals surface area contributed by atoms with Crippen molar-refractivity contribution in [1.29, 1.82) is 0 Å². The van der Waals surface area contributed by atoms with Crippen LogP contribution in [0.2, 0.25) is 0 Å². The van der Waals surface area contributed by atoms with Crippen LogP contribution < -0.4 is 4.74 Å². The summed E-state index contributed by atoms with van der Waals surface area (Å²) in [4.78, 5) is 10.7. The monoisotopic (exact) mass is 212 g/mol. The molecule has 0 saturated carbocycles. The number of ether oxygens (including phenoxy) is 1. The smallest absolute Gasteiger partial charge is 0.345 e. The molecule has 80 valence electrons. The molecule has 0 fully saturated rings. The van der Waals surface area contributed by atoms with Gasteiger partial charge in [-0.05, 0) is 18.2 Å². The molecule has 0 radical (unpaired) electrons. The molecule has 0 spiro atoms. The second-order valence-electron chi connectivity index (χ2n) is 3.38. The summed E-state index contributed by atoms with van der Waals surface area (Å²) in [6, 6.07) is 3.64. The Kier molecular flexibility index (Phi) is 2.32. The van der Waals surface area contributed by atoms with E-state index >= 15 is 0 Å². The number of carboxylic acids is 1. The zero-order valence-electron chi connectivity index (χ0n) is 7.68. The molecule has 1 aliphatic rings. The number of carboxylic acid groups (broad SMARTS) is 1. The molecule has 2 unspecified atom stereocenters. The van der Waals surface area contributed by atoms with Crippen LogP contribution >= 0.6 is 0 Å². The van der Waals surface area contributed by atoms with Crippen molar-refractivity contribution in [3.63, 3.8) is 0 Å². The number of hydrogen-bond acceptors (Lipinski definition) is 3. The van der Waals surface area contributed by atoms with E-state index in [4.69, 9.17) is 9.84 Å². The Morgan fingerprint density at radius 2 is 2.27 bits per heavy atom. The van der Waals surface area contributed by atoms with Crippen LogP contribution in [0.15, 0.2) is 18.2 Å². The molecule has 2 atom stereocenters. The fraction of sp³-hybridized carbons (Fsp3) is 0.300. The average Bonchev–Trinajstić information content (AvgIpc) is 2.18. The number of aliphatic hydroxyl groups excluding tert-OH is 1. The Balaban J connectivity index is 2.36. The summed E-state index contributed by atoms with van der Waals surface area (Å²) in [6.45, 7) is 0. The van der Waals surface area contributed by atoms with Crippen molar-refractivity contribution < 1.29 is 24.1 Å². The van der Waals surface area contributed by atoms with E-state index in [0.717, 1.165) is 12.1 Å². The molecule has 0 aliphatic carbocycles. The minimum Gasteiger partial charge on any atom is -0.479 e. The zero-order valence-corrected chi connectivity index (χ0v) is 7.68. The lowest BCUT2D eigenvalue weighted by molar-refractivity contribution is -0.147. The van der Waals surface area contributed by atoms with Crippen molar-refractivity contribution in [3.05, 3.63) is 29.6 Å². The van der Waals surface area contributed by atoms with Gasteiger partial charge in [-0.1, -0.05) is 0 Å². The molecular weight excluding hydrogens is 203 g/mol. The largest absolute Gasteiger partial charge is 0.479 e. The van der Waals surface area contributed by atoms with Gasteiger partial charge in [-0.2, -0.15) is 0 Å². The summed E-state index contributed by atoms with van der Waals surface area (Å²) in [6.07, 6.45) is -2.13. The second-order valence-corrected chi connectivity index (χ2v) is 3.38. The zero-order chi connectivity index (χ0) is 11.0. The summed E-state index contributed by atoms with van der Waals surface area (Å²) in [5, 5.41) is 18.3. The molecule has 0 saturated heterocycles. The average molecular weight is 212 g/mol. The Morgan fingerprint density at radius 1 is 1.53 bits per heavy atom. The van der Waals surface area contributed by atoms with E-state index in [0.29, 0.717) is 5.56 Å². The molecule has 4 nitrogen and oxygen atoms in total. The van der Waals surface area contributed by atoms with Gasteiger partial charge in [0.05, 0.1) is 6.10 Å². The molecule has 1 aliphatic heterocycles. The van der Waals surface area contributed by atoms with Crippen molar-refractivity contribution in [1.82, 2.24) is 0 Å². The lowest BCUT2D eigenvalue weighted by atomic mass is 9.99. The first kappa shape index (κ1) is 9.92. The molecule has 0 bridgehead atoms. The number of carbonyl (C=O) groups is 1. The first-order valence-corrected chi connectivity index (χ1v) is 4.45. The van der Waals surface area contributed by atoms with Crippen LogP contribution in [-0.2, 0) is 4.79 Å². The molecule has 2 rings (SSSR count). The number of fused-ring (bicyclic) bond motifs is 1. The van der Waals surface area contributed by atoms with Crippen LogP contribution in [0.4, 0.5) is 4.39 Å². The fourth-order valence-corrected chi connectivity index (χ4v) is 1.57. The Hall–Kier alpha value is -1.62. The Labute approximate surface area is 84.9 Å². The number of aliphatic carboxylic acids is 1. The van der Waals surface area contributed by atoms with Gasteiger partial charge in [0.25, 0.3) is 0 Å². The first-order chi connectivity index (χ1) is 7.08. The van der Waals surface area contributed by atoms with Crippen LogP contribution in [-0.4, -0.2) is 22.3 Å². The van der Waals surface area contributed by atoms with Crippen LogP contribution in [0.5, 0.6) is 5.75 Å². The van der Waals surface area contributed by atoms with Gasteiger partial charge in [-0.3, -0.25) is 0 Å². The van der Waals surface area contributed by atoms with E-state index in [9.17, 15) is 14.3 Å². The predicted molar refractivity (Wildman–Crippen MR) is 48.0 cm³/mol. The van der Waals surface area contributed by atoms with Gasteiger partial charge in [0.2, 0.25) is 0 Å². The highest BCUT2D eigenvalue weighted by molar-refractivity contribution is 5.73. The highest BCUT2D eigenvalue weighted by Crippen LogP contribution is 2.34. The third-order valence-electron chi connectivity index (χ3n) is 2.31. The SMILES string of the molecule is O=C(O)C1CC(O)c2cc(F)ccc2O1. The summed E-state index contributed by atoms with van der Waals surface area (Å²) in [7, 11) is 0. The van der Waals surface area contributed by atoms with Gasteiger partial charge in [0, 0.05) is 12.0 Å². The van der Waals surface area contributed by atoms with Gasteiger partial charge >= 0.3 is 5.97 Å². The molecular formula is C10H9FO4. The van der Waals surface area contributed by atoms with Gasteiger partial charge in [-0.15, -0.1) is 0 Å². The van der Waals surface area contributed by atoms with Gasteiger partial charge in [0.1, 0.15) is 11.6 Å². The summed E-state index contributed by atoms with van der Waals surface area (Å²) in [5.74, 6) is -1.39. The van der Waals surface area contributed by atoms with Crippen LogP contribution in [0.25, 0.3) is 0 Å². The highest BCUT2D eigenvalue weighted by atomic mass is 19.1. The van der Waals surface area contributed by atoms with Crippen molar-refractivity contribution >= 4 is 5.97 Å². The van der Waals surface area contributed by atoms with Crippen LogP contribution in [0.3, 0.4) is 0 Å². The Morgan fingerprint density at radius 3 is 2.93 bits per heavy atom. The predicted octanol–water partition coefficient (Wildman–Crippen LogP) is 1.09. The van der Waals surface area contributed by atoms with E-state index in [1.54, 1.807) is 0 Å². The quantitative estimate of drug-likeness (QED) is 0.731. The molecule has 1 aromatic carbocycles. The summed E-state index contributed by atoms with van der Waals surface area (Å²) in [5.41, 5.74) is 0.299. The van der Waals surface area contributed by atoms with E-state index in [1.807, 2.05) is 0 Å². The molecule has 2 N–H and O–H groups in total. The standard InChI is InChI=1S/C10H9FO4/c11-5-1-2-8-6(3-5)7(12)4-9(15-8)10(13)14/h1-3,7,9,12H,4H2,(H,13,14).